The van der Waals surface area contributed by atoms with Crippen LogP contribution >= 0.6 is 15.9 Å². The molecular weight excluding hydrogens is 292 g/mol. The summed E-state index contributed by atoms with van der Waals surface area (Å²) >= 11 is 3.27. The molecule has 1 aromatic heterocycles. The smallest absolute Gasteiger partial charge is 0.267 e. The minimum absolute atomic E-state index is 0.00411. The van der Waals surface area contributed by atoms with E-state index >= 15 is 0 Å². The summed E-state index contributed by atoms with van der Waals surface area (Å²) in [7, 11) is 0. The van der Waals surface area contributed by atoms with Gasteiger partial charge in [-0.2, -0.15) is 0 Å². The fraction of sp³-hybridized carbons (Fsp3) is 0.286. The number of nitrogens with zero attached hydrogens (tertiary/aromatic N) is 2. The quantitative estimate of drug-likeness (QED) is 0.870. The second kappa shape index (κ2) is 5.96. The highest BCUT2D eigenvalue weighted by Gasteiger charge is 2.04. The second-order valence-corrected chi connectivity index (χ2v) is 5.02. The van der Waals surface area contributed by atoms with Gasteiger partial charge in [0.25, 0.3) is 5.56 Å². The van der Waals surface area contributed by atoms with Crippen molar-refractivity contribution in [3.8, 4) is 0 Å². The molecular formula is C14H15BrN2O. The van der Waals surface area contributed by atoms with E-state index in [2.05, 4.69) is 33.0 Å². The summed E-state index contributed by atoms with van der Waals surface area (Å²) in [6, 6.07) is 10.3. The van der Waals surface area contributed by atoms with E-state index in [1.165, 1.54) is 5.56 Å². The van der Waals surface area contributed by atoms with E-state index in [0.29, 0.717) is 11.0 Å². The Morgan fingerprint density at radius 1 is 1.28 bits per heavy atom. The van der Waals surface area contributed by atoms with Gasteiger partial charge in [-0.15, -0.1) is 0 Å². The van der Waals surface area contributed by atoms with Crippen LogP contribution in [0.5, 0.6) is 0 Å². The molecule has 0 saturated carbocycles. The lowest BCUT2D eigenvalue weighted by atomic mass is 10.1. The summed E-state index contributed by atoms with van der Waals surface area (Å²) in [5.41, 5.74) is 2.03. The van der Waals surface area contributed by atoms with E-state index in [1.54, 1.807) is 10.9 Å². The molecule has 4 heteroatoms. The molecule has 0 aliphatic heterocycles. The van der Waals surface area contributed by atoms with Crippen molar-refractivity contribution in [2.24, 2.45) is 0 Å². The molecule has 1 aromatic carbocycles. The topological polar surface area (TPSA) is 34.9 Å². The maximum absolute atomic E-state index is 11.9. The number of rotatable bonds is 4. The average Bonchev–Trinajstić information content (AvgIpc) is 2.40. The number of aromatic nitrogens is 2. The highest BCUT2D eigenvalue weighted by atomic mass is 79.9. The van der Waals surface area contributed by atoms with Crippen LogP contribution in [0.25, 0.3) is 0 Å². The number of hydrogen-bond donors (Lipinski definition) is 0. The molecule has 3 nitrogen and oxygen atoms in total. The van der Waals surface area contributed by atoms with E-state index in [-0.39, 0.29) is 5.56 Å². The minimum Gasteiger partial charge on any atom is -0.298 e. The molecule has 0 atom stereocenters. The summed E-state index contributed by atoms with van der Waals surface area (Å²) < 4.78 is 2.21. The zero-order valence-electron chi connectivity index (χ0n) is 10.3. The first-order chi connectivity index (χ1) is 8.68. The first-order valence-electron chi connectivity index (χ1n) is 5.94. The lowest BCUT2D eigenvalue weighted by Crippen LogP contribution is -2.22. The molecule has 0 N–H and O–H groups in total. The molecule has 0 bridgehead atoms. The van der Waals surface area contributed by atoms with Gasteiger partial charge in [0, 0.05) is 6.54 Å². The van der Waals surface area contributed by atoms with Gasteiger partial charge in [0.1, 0.15) is 4.47 Å². The van der Waals surface area contributed by atoms with Gasteiger partial charge < -0.3 is 0 Å². The Balaban J connectivity index is 1.99. The van der Waals surface area contributed by atoms with Gasteiger partial charge in [0.05, 0.1) is 12.0 Å². The highest BCUT2D eigenvalue weighted by Crippen LogP contribution is 2.07. The Morgan fingerprint density at radius 3 is 2.72 bits per heavy atom. The van der Waals surface area contributed by atoms with Crippen LogP contribution < -0.4 is 5.56 Å². The van der Waals surface area contributed by atoms with E-state index in [0.717, 1.165) is 18.5 Å². The summed E-state index contributed by atoms with van der Waals surface area (Å²) in [6.07, 6.45) is 3.52. The van der Waals surface area contributed by atoms with Gasteiger partial charge in [0.15, 0.2) is 0 Å². The van der Waals surface area contributed by atoms with Crippen LogP contribution in [-0.2, 0) is 13.0 Å². The van der Waals surface area contributed by atoms with Crippen LogP contribution in [0.3, 0.4) is 0 Å². The van der Waals surface area contributed by atoms with Crippen molar-refractivity contribution in [2.45, 2.75) is 26.3 Å². The minimum atomic E-state index is -0.00411. The largest absolute Gasteiger partial charge is 0.298 e. The lowest BCUT2D eigenvalue weighted by molar-refractivity contribution is 0.606. The zero-order valence-corrected chi connectivity index (χ0v) is 11.9. The summed E-state index contributed by atoms with van der Waals surface area (Å²) in [5, 5.41) is 0. The van der Waals surface area contributed by atoms with E-state index in [4.69, 9.17) is 0 Å². The summed E-state index contributed by atoms with van der Waals surface area (Å²) in [6.45, 7) is 2.51. The van der Waals surface area contributed by atoms with E-state index in [9.17, 15) is 4.79 Å². The third-order valence-electron chi connectivity index (χ3n) is 2.86. The third-order valence-corrected chi connectivity index (χ3v) is 3.78. The second-order valence-electron chi connectivity index (χ2n) is 4.23. The molecule has 2 rings (SSSR count). The van der Waals surface area contributed by atoms with Gasteiger partial charge in [-0.3, -0.25) is 9.36 Å². The molecule has 1 heterocycles. The number of halogens is 1. The molecule has 0 amide bonds. The van der Waals surface area contributed by atoms with Crippen molar-refractivity contribution < 1.29 is 0 Å². The Kier molecular flexibility index (Phi) is 4.31. The van der Waals surface area contributed by atoms with Crippen LogP contribution in [0.15, 0.2) is 45.9 Å². The Bertz CT molecular complexity index is 578. The van der Waals surface area contributed by atoms with Crippen molar-refractivity contribution in [2.75, 3.05) is 0 Å². The average molecular weight is 307 g/mol. The van der Waals surface area contributed by atoms with Gasteiger partial charge in [-0.05, 0) is 41.3 Å². The van der Waals surface area contributed by atoms with Gasteiger partial charge >= 0.3 is 0 Å². The molecule has 0 fully saturated rings. The van der Waals surface area contributed by atoms with Crippen molar-refractivity contribution >= 4 is 15.9 Å². The van der Waals surface area contributed by atoms with Crippen molar-refractivity contribution in [3.05, 3.63) is 62.7 Å². The number of aryl methyl sites for hydroxylation is 3. The number of hydrogen-bond acceptors (Lipinski definition) is 2. The van der Waals surface area contributed by atoms with Crippen molar-refractivity contribution in [1.29, 1.82) is 0 Å². The Morgan fingerprint density at radius 2 is 2.00 bits per heavy atom. The fourth-order valence-electron chi connectivity index (χ4n) is 1.80. The van der Waals surface area contributed by atoms with Crippen LogP contribution in [-0.4, -0.2) is 9.55 Å². The molecule has 94 valence electrons. The molecule has 0 aliphatic rings. The monoisotopic (exact) mass is 306 g/mol. The molecule has 0 unspecified atom stereocenters. The fourth-order valence-corrected chi connectivity index (χ4v) is 2.13. The standard InChI is InChI=1S/C14H15BrN2O/c1-11-13(15)14(18)17(10-16-11)9-5-8-12-6-3-2-4-7-12/h2-4,6-7,10H,5,8-9H2,1H3. The molecule has 0 spiro atoms. The van der Waals surface area contributed by atoms with Crippen LogP contribution in [0, 0.1) is 6.92 Å². The Hall–Kier alpha value is -1.42. The maximum atomic E-state index is 11.9. The predicted octanol–water partition coefficient (Wildman–Crippen LogP) is 2.95. The normalized spacial score (nSPS) is 10.6. The van der Waals surface area contributed by atoms with Gasteiger partial charge in [-0.25, -0.2) is 4.98 Å². The molecule has 18 heavy (non-hydrogen) atoms. The van der Waals surface area contributed by atoms with Crippen molar-refractivity contribution in [1.82, 2.24) is 9.55 Å². The van der Waals surface area contributed by atoms with Gasteiger partial charge in [-0.1, -0.05) is 30.3 Å². The molecule has 2 aromatic rings. The molecule has 0 radical (unpaired) electrons. The highest BCUT2D eigenvalue weighted by molar-refractivity contribution is 9.10. The molecule has 0 aliphatic carbocycles. The van der Waals surface area contributed by atoms with Crippen LogP contribution in [0.1, 0.15) is 17.7 Å². The summed E-state index contributed by atoms with van der Waals surface area (Å²) in [5.74, 6) is 0. The third kappa shape index (κ3) is 3.07. The first-order valence-corrected chi connectivity index (χ1v) is 6.73. The van der Waals surface area contributed by atoms with Crippen LogP contribution in [0.2, 0.25) is 0 Å². The first kappa shape index (κ1) is 13.0. The number of benzene rings is 1. The van der Waals surface area contributed by atoms with E-state index in [1.807, 2.05) is 25.1 Å². The zero-order chi connectivity index (χ0) is 13.0. The van der Waals surface area contributed by atoms with E-state index < -0.39 is 0 Å². The van der Waals surface area contributed by atoms with Gasteiger partial charge in [0.2, 0.25) is 0 Å². The van der Waals surface area contributed by atoms with Crippen LogP contribution in [0.4, 0.5) is 0 Å². The molecule has 0 saturated heterocycles. The maximum Gasteiger partial charge on any atom is 0.267 e. The lowest BCUT2D eigenvalue weighted by Gasteiger charge is -2.06. The predicted molar refractivity (Wildman–Crippen MR) is 75.7 cm³/mol. The Labute approximate surface area is 115 Å². The van der Waals surface area contributed by atoms with Crippen molar-refractivity contribution in [3.63, 3.8) is 0 Å². The SMILES string of the molecule is Cc1ncn(CCCc2ccccc2)c(=O)c1Br. The summed E-state index contributed by atoms with van der Waals surface area (Å²) in [4.78, 5) is 16.1.